The summed E-state index contributed by atoms with van der Waals surface area (Å²) in [5, 5.41) is 15.7. The zero-order valence-corrected chi connectivity index (χ0v) is 18.6. The van der Waals surface area contributed by atoms with Gasteiger partial charge in [0.2, 0.25) is 0 Å². The maximum Gasteiger partial charge on any atom is 0.192 e. The molecule has 0 bridgehead atoms. The van der Waals surface area contributed by atoms with E-state index in [9.17, 15) is 4.39 Å². The Kier molecular flexibility index (Phi) is 7.04. The molecule has 2 aliphatic rings. The maximum absolute atomic E-state index is 13.7. The molecule has 1 saturated carbocycles. The van der Waals surface area contributed by atoms with Crippen molar-refractivity contribution in [3.63, 3.8) is 0 Å². The molecule has 2 fully saturated rings. The summed E-state index contributed by atoms with van der Waals surface area (Å²) in [6.07, 6.45) is 8.36. The van der Waals surface area contributed by atoms with Crippen molar-refractivity contribution in [2.75, 3.05) is 18.0 Å². The monoisotopic (exact) mass is 427 g/mol. The molecule has 0 amide bonds. The number of aryl methyl sites for hydroxylation is 1. The fraction of sp³-hybridized carbons (Fsp3) is 0.609. The molecule has 1 aromatic heterocycles. The average molecular weight is 428 g/mol. The molecular weight excluding hydrogens is 393 g/mol. The van der Waals surface area contributed by atoms with Crippen LogP contribution in [0.3, 0.4) is 0 Å². The Bertz CT molecular complexity index is 888. The molecule has 1 atom stereocenters. The largest absolute Gasteiger partial charge is 0.369 e. The molecule has 0 spiro atoms. The predicted molar refractivity (Wildman–Crippen MR) is 122 cm³/mol. The Labute approximate surface area is 184 Å². The van der Waals surface area contributed by atoms with Gasteiger partial charge in [0, 0.05) is 37.9 Å². The fourth-order valence-corrected chi connectivity index (χ4v) is 4.51. The van der Waals surface area contributed by atoms with Crippen molar-refractivity contribution in [3.05, 3.63) is 41.7 Å². The number of hydrogen-bond acceptors (Lipinski definition) is 4. The van der Waals surface area contributed by atoms with Gasteiger partial charge >= 0.3 is 0 Å². The average Bonchev–Trinajstić information content (AvgIpc) is 3.10. The van der Waals surface area contributed by atoms with Crippen LogP contribution in [0.15, 0.2) is 29.3 Å². The van der Waals surface area contributed by atoms with E-state index in [2.05, 4.69) is 25.7 Å². The minimum atomic E-state index is -0.187. The highest BCUT2D eigenvalue weighted by Gasteiger charge is 2.23. The zero-order chi connectivity index (χ0) is 21.6. The number of benzene rings is 1. The molecule has 1 aliphatic heterocycles. The number of hydrogen-bond donors (Lipinski definition) is 2. The van der Waals surface area contributed by atoms with Crippen LogP contribution >= 0.6 is 0 Å². The van der Waals surface area contributed by atoms with Crippen LogP contribution in [0.5, 0.6) is 0 Å². The van der Waals surface area contributed by atoms with E-state index in [0.29, 0.717) is 12.6 Å². The molecule has 7 nitrogen and oxygen atoms in total. The van der Waals surface area contributed by atoms with Gasteiger partial charge in [-0.1, -0.05) is 25.3 Å². The predicted octanol–water partition coefficient (Wildman–Crippen LogP) is 3.30. The Balaban J connectivity index is 1.45. The molecule has 2 aromatic rings. The van der Waals surface area contributed by atoms with Gasteiger partial charge in [0.25, 0.3) is 0 Å². The lowest BCUT2D eigenvalue weighted by atomic mass is 9.96. The topological polar surface area (TPSA) is 70.4 Å². The number of anilines is 1. The van der Waals surface area contributed by atoms with Crippen molar-refractivity contribution in [1.82, 2.24) is 25.4 Å². The third-order valence-corrected chi connectivity index (χ3v) is 6.44. The molecule has 31 heavy (non-hydrogen) atoms. The van der Waals surface area contributed by atoms with Gasteiger partial charge in [0.1, 0.15) is 18.2 Å². The summed E-state index contributed by atoms with van der Waals surface area (Å²) in [6.45, 7) is 4.21. The second kappa shape index (κ2) is 10.1. The Morgan fingerprint density at radius 2 is 1.87 bits per heavy atom. The summed E-state index contributed by atoms with van der Waals surface area (Å²) in [4.78, 5) is 7.12. The summed E-state index contributed by atoms with van der Waals surface area (Å²) in [5.74, 6) is 2.40. The molecule has 4 rings (SSSR count). The SMILES string of the molecule is Cc1nnc(CN=C(NC2CCCCC2)NC2CCCN(c3cccc(F)c3)C2)n1C. The molecule has 0 radical (unpaired) electrons. The quantitative estimate of drug-likeness (QED) is 0.566. The van der Waals surface area contributed by atoms with E-state index in [0.717, 1.165) is 49.2 Å². The third-order valence-electron chi connectivity index (χ3n) is 6.44. The van der Waals surface area contributed by atoms with Crippen molar-refractivity contribution < 1.29 is 4.39 Å². The van der Waals surface area contributed by atoms with Gasteiger partial charge in [0.05, 0.1) is 0 Å². The van der Waals surface area contributed by atoms with Gasteiger partial charge in [-0.3, -0.25) is 0 Å². The number of piperidine rings is 1. The van der Waals surface area contributed by atoms with Gasteiger partial charge in [0.15, 0.2) is 11.8 Å². The van der Waals surface area contributed by atoms with Crippen molar-refractivity contribution >= 4 is 11.6 Å². The maximum atomic E-state index is 13.7. The second-order valence-corrected chi connectivity index (χ2v) is 8.78. The highest BCUT2D eigenvalue weighted by atomic mass is 19.1. The van der Waals surface area contributed by atoms with Crippen molar-refractivity contribution in [2.24, 2.45) is 12.0 Å². The number of guanidine groups is 1. The summed E-state index contributed by atoms with van der Waals surface area (Å²) in [6, 6.07) is 7.60. The second-order valence-electron chi connectivity index (χ2n) is 8.78. The molecule has 1 aliphatic carbocycles. The lowest BCUT2D eigenvalue weighted by molar-refractivity contribution is 0.402. The molecule has 2 heterocycles. The Morgan fingerprint density at radius 1 is 1.10 bits per heavy atom. The molecule has 1 unspecified atom stereocenters. The van der Waals surface area contributed by atoms with E-state index in [-0.39, 0.29) is 11.9 Å². The number of halogens is 1. The van der Waals surface area contributed by atoms with Crippen LogP contribution < -0.4 is 15.5 Å². The number of nitrogens with zero attached hydrogens (tertiary/aromatic N) is 5. The van der Waals surface area contributed by atoms with Crippen molar-refractivity contribution in [1.29, 1.82) is 0 Å². The van der Waals surface area contributed by atoms with E-state index in [4.69, 9.17) is 4.99 Å². The highest BCUT2D eigenvalue weighted by Crippen LogP contribution is 2.21. The fourth-order valence-electron chi connectivity index (χ4n) is 4.51. The smallest absolute Gasteiger partial charge is 0.192 e. The van der Waals surface area contributed by atoms with Crippen LogP contribution in [0.4, 0.5) is 10.1 Å². The first-order chi connectivity index (χ1) is 15.1. The number of aliphatic imine (C=N–C) groups is 1. The highest BCUT2D eigenvalue weighted by molar-refractivity contribution is 5.80. The van der Waals surface area contributed by atoms with E-state index in [1.54, 1.807) is 12.1 Å². The number of nitrogens with one attached hydrogen (secondary N) is 2. The molecule has 2 N–H and O–H groups in total. The van der Waals surface area contributed by atoms with Gasteiger partial charge in [-0.2, -0.15) is 0 Å². The van der Waals surface area contributed by atoms with E-state index >= 15 is 0 Å². The standard InChI is InChI=1S/C23H34FN7/c1-17-28-29-22(30(17)2)15-25-23(26-19-9-4-3-5-10-19)27-20-11-7-13-31(16-20)21-12-6-8-18(24)14-21/h6,8,12,14,19-20H,3-5,7,9-11,13,15-16H2,1-2H3,(H2,25,26,27). The van der Waals surface area contributed by atoms with Crippen LogP contribution in [0.1, 0.15) is 56.6 Å². The van der Waals surface area contributed by atoms with Crippen LogP contribution in [0.25, 0.3) is 0 Å². The minimum absolute atomic E-state index is 0.187. The zero-order valence-electron chi connectivity index (χ0n) is 18.6. The number of aromatic nitrogens is 3. The van der Waals surface area contributed by atoms with Crippen LogP contribution in [-0.4, -0.2) is 45.9 Å². The summed E-state index contributed by atoms with van der Waals surface area (Å²) in [5.41, 5.74) is 0.944. The van der Waals surface area contributed by atoms with Gasteiger partial charge < -0.3 is 20.1 Å². The molecule has 1 aromatic carbocycles. The van der Waals surface area contributed by atoms with Crippen molar-refractivity contribution in [3.8, 4) is 0 Å². The van der Waals surface area contributed by atoms with Crippen LogP contribution in [-0.2, 0) is 13.6 Å². The molecule has 1 saturated heterocycles. The van der Waals surface area contributed by atoms with Gasteiger partial charge in [-0.05, 0) is 50.8 Å². The molecule has 8 heteroatoms. The Morgan fingerprint density at radius 3 is 2.61 bits per heavy atom. The van der Waals surface area contributed by atoms with E-state index in [1.807, 2.05) is 24.6 Å². The summed E-state index contributed by atoms with van der Waals surface area (Å²) < 4.78 is 15.7. The van der Waals surface area contributed by atoms with E-state index < -0.39 is 0 Å². The summed E-state index contributed by atoms with van der Waals surface area (Å²) >= 11 is 0. The molecule has 168 valence electrons. The number of rotatable bonds is 5. The van der Waals surface area contributed by atoms with Crippen LogP contribution in [0, 0.1) is 12.7 Å². The lowest BCUT2D eigenvalue weighted by Crippen LogP contribution is -2.53. The first kappa shape index (κ1) is 21.6. The van der Waals surface area contributed by atoms with Gasteiger partial charge in [-0.25, -0.2) is 9.38 Å². The third kappa shape index (κ3) is 5.74. The first-order valence-electron chi connectivity index (χ1n) is 11.5. The van der Waals surface area contributed by atoms with Gasteiger partial charge in [-0.15, -0.1) is 10.2 Å². The normalized spacial score (nSPS) is 20.7. The molecular formula is C23H34FN7. The lowest BCUT2D eigenvalue weighted by Gasteiger charge is -2.36. The Hall–Kier alpha value is -2.64. The minimum Gasteiger partial charge on any atom is -0.369 e. The van der Waals surface area contributed by atoms with Crippen molar-refractivity contribution in [2.45, 2.75) is 70.5 Å². The first-order valence-corrected chi connectivity index (χ1v) is 11.5. The summed E-state index contributed by atoms with van der Waals surface area (Å²) in [7, 11) is 1.97. The van der Waals surface area contributed by atoms with Crippen LogP contribution in [0.2, 0.25) is 0 Å². The van der Waals surface area contributed by atoms with E-state index in [1.165, 1.54) is 38.2 Å².